The first-order chi connectivity index (χ1) is 7.61. The van der Waals surface area contributed by atoms with Crippen LogP contribution in [-0.4, -0.2) is 28.2 Å². The topological polar surface area (TPSA) is 71.3 Å². The van der Waals surface area contributed by atoms with Gasteiger partial charge in [0, 0.05) is 25.4 Å². The number of carbonyl (C=O) groups excluding carboxylic acids is 1. The minimum Gasteiger partial charge on any atom is -0.340 e. The van der Waals surface area contributed by atoms with Crippen LogP contribution in [0.1, 0.15) is 24.2 Å². The van der Waals surface area contributed by atoms with Gasteiger partial charge in [-0.1, -0.05) is 0 Å². The fourth-order valence-corrected chi connectivity index (χ4v) is 1.79. The quantitative estimate of drug-likeness (QED) is 0.730. The maximum atomic E-state index is 11.7. The summed E-state index contributed by atoms with van der Waals surface area (Å²) in [5, 5.41) is 9.97. The Labute approximate surface area is 93.7 Å². The summed E-state index contributed by atoms with van der Waals surface area (Å²) in [5.41, 5.74) is 1.74. The largest absolute Gasteiger partial charge is 0.340 e. The highest BCUT2D eigenvalue weighted by Gasteiger charge is 2.31. The minimum atomic E-state index is -0.376. The van der Waals surface area contributed by atoms with Crippen LogP contribution in [-0.2, 0) is 11.8 Å². The van der Waals surface area contributed by atoms with Crippen molar-refractivity contribution in [3.05, 3.63) is 17.5 Å². The Morgan fingerprint density at radius 2 is 2.38 bits per heavy atom. The highest BCUT2D eigenvalue weighted by molar-refractivity contribution is 6.06. The number of carbonyl (C=O) groups is 1. The smallest absolute Gasteiger partial charge is 0.254 e. The lowest BCUT2D eigenvalue weighted by Gasteiger charge is -2.05. The molecule has 0 spiro atoms. The minimum absolute atomic E-state index is 0.0803. The molecule has 0 saturated carbocycles. The summed E-state index contributed by atoms with van der Waals surface area (Å²) in [6.07, 6.45) is 1.85. The third-order valence-corrected chi connectivity index (χ3v) is 2.46. The molecule has 16 heavy (non-hydrogen) atoms. The third-order valence-electron chi connectivity index (χ3n) is 2.46. The Morgan fingerprint density at radius 1 is 1.62 bits per heavy atom. The van der Waals surface area contributed by atoms with Crippen molar-refractivity contribution in [1.82, 2.24) is 20.4 Å². The van der Waals surface area contributed by atoms with Crippen LogP contribution in [0.15, 0.2) is 11.2 Å². The Morgan fingerprint density at radius 3 is 2.94 bits per heavy atom. The number of nitrogens with zero attached hydrogens (tertiary/aromatic N) is 3. The second-order valence-electron chi connectivity index (χ2n) is 3.73. The molecule has 6 heteroatoms. The molecule has 1 saturated heterocycles. The normalized spacial score (nSPS) is 22.3. The van der Waals surface area contributed by atoms with Crippen molar-refractivity contribution in [2.45, 2.75) is 19.9 Å². The van der Waals surface area contributed by atoms with Gasteiger partial charge in [-0.15, -0.1) is 0 Å². The number of nitrogens with one attached hydrogen (secondary N) is 2. The fourth-order valence-electron chi connectivity index (χ4n) is 1.79. The van der Waals surface area contributed by atoms with Crippen LogP contribution >= 0.6 is 0 Å². The van der Waals surface area contributed by atoms with Crippen LogP contribution in [0.25, 0.3) is 0 Å². The van der Waals surface area contributed by atoms with Crippen molar-refractivity contribution in [2.75, 3.05) is 6.54 Å². The summed E-state index contributed by atoms with van der Waals surface area (Å²) in [4.78, 5) is 15.9. The molecule has 2 N–H and O–H groups in total. The Bertz CT molecular complexity index is 448. The predicted octanol–water partition coefficient (Wildman–Crippen LogP) is -0.135. The molecule has 1 unspecified atom stereocenters. The molecule has 0 aromatic carbocycles. The first kappa shape index (κ1) is 10.7. The van der Waals surface area contributed by atoms with Crippen LogP contribution in [0.3, 0.4) is 0 Å². The van der Waals surface area contributed by atoms with Crippen LogP contribution < -0.4 is 10.6 Å². The first-order valence-corrected chi connectivity index (χ1v) is 5.23. The monoisotopic (exact) mass is 221 g/mol. The van der Waals surface area contributed by atoms with Crippen LogP contribution in [0.2, 0.25) is 0 Å². The van der Waals surface area contributed by atoms with Crippen molar-refractivity contribution in [3.8, 4) is 0 Å². The number of aryl methyl sites for hydroxylation is 2. The van der Waals surface area contributed by atoms with E-state index in [4.69, 9.17) is 0 Å². The number of hydrogen-bond donors (Lipinski definition) is 2. The zero-order chi connectivity index (χ0) is 11.7. The molecule has 1 aromatic rings. The van der Waals surface area contributed by atoms with Crippen molar-refractivity contribution < 1.29 is 4.79 Å². The van der Waals surface area contributed by atoms with E-state index in [-0.39, 0.29) is 11.9 Å². The number of amides is 1. The van der Waals surface area contributed by atoms with Crippen molar-refractivity contribution in [1.29, 1.82) is 0 Å². The number of rotatable bonds is 2. The number of guanidine groups is 1. The summed E-state index contributed by atoms with van der Waals surface area (Å²) >= 11 is 0. The number of aliphatic imine (C=N–C) groups is 1. The van der Waals surface area contributed by atoms with E-state index < -0.39 is 0 Å². The van der Waals surface area contributed by atoms with E-state index in [0.717, 1.165) is 11.3 Å². The fraction of sp³-hybridized carbons (Fsp3) is 0.500. The van der Waals surface area contributed by atoms with Crippen molar-refractivity contribution >= 4 is 11.9 Å². The van der Waals surface area contributed by atoms with Gasteiger partial charge in [-0.3, -0.25) is 19.8 Å². The summed E-state index contributed by atoms with van der Waals surface area (Å²) < 4.78 is 1.70. The average Bonchev–Trinajstić information content (AvgIpc) is 2.70. The zero-order valence-electron chi connectivity index (χ0n) is 9.61. The van der Waals surface area contributed by atoms with E-state index in [1.54, 1.807) is 4.68 Å². The summed E-state index contributed by atoms with van der Waals surface area (Å²) in [6.45, 7) is 4.45. The molecule has 2 heterocycles. The molecule has 2 rings (SSSR count). The lowest BCUT2D eigenvalue weighted by molar-refractivity contribution is -0.120. The van der Waals surface area contributed by atoms with Crippen LogP contribution in [0.4, 0.5) is 0 Å². The molecule has 6 nitrogen and oxygen atoms in total. The van der Waals surface area contributed by atoms with E-state index in [0.29, 0.717) is 12.5 Å². The lowest BCUT2D eigenvalue weighted by atomic mass is 10.1. The SMILES string of the molecule is CCN=C1NC(=O)C(c2cn(C)nc2C)N1. The summed E-state index contributed by atoms with van der Waals surface area (Å²) in [6, 6.07) is -0.376. The standard InChI is InChI=1S/C10H15N5O/c1-4-11-10-12-8(9(16)13-10)7-5-15(3)14-6(7)2/h5,8H,4H2,1-3H3,(H2,11,12,13,16). The summed E-state index contributed by atoms with van der Waals surface area (Å²) in [5.74, 6) is 0.462. The third kappa shape index (κ3) is 1.78. The highest BCUT2D eigenvalue weighted by Crippen LogP contribution is 2.19. The molecule has 1 atom stereocenters. The molecular weight excluding hydrogens is 206 g/mol. The van der Waals surface area contributed by atoms with E-state index in [1.165, 1.54) is 0 Å². The molecule has 1 aromatic heterocycles. The van der Waals surface area contributed by atoms with E-state index in [9.17, 15) is 4.79 Å². The predicted molar refractivity (Wildman–Crippen MR) is 59.9 cm³/mol. The second-order valence-corrected chi connectivity index (χ2v) is 3.73. The zero-order valence-corrected chi connectivity index (χ0v) is 9.61. The molecule has 1 amide bonds. The van der Waals surface area contributed by atoms with Gasteiger partial charge in [0.2, 0.25) is 0 Å². The molecule has 1 aliphatic heterocycles. The van der Waals surface area contributed by atoms with Gasteiger partial charge in [0.15, 0.2) is 5.96 Å². The Balaban J connectivity index is 2.26. The van der Waals surface area contributed by atoms with Crippen LogP contribution in [0, 0.1) is 6.92 Å². The summed E-state index contributed by atoms with van der Waals surface area (Å²) in [7, 11) is 1.84. The van der Waals surface area contributed by atoms with Gasteiger partial charge in [0.05, 0.1) is 5.69 Å². The maximum absolute atomic E-state index is 11.7. The van der Waals surface area contributed by atoms with Gasteiger partial charge < -0.3 is 5.32 Å². The van der Waals surface area contributed by atoms with E-state index in [2.05, 4.69) is 20.7 Å². The maximum Gasteiger partial charge on any atom is 0.254 e. The van der Waals surface area contributed by atoms with Gasteiger partial charge in [-0.25, -0.2) is 0 Å². The Hall–Kier alpha value is -1.85. The average molecular weight is 221 g/mol. The Kier molecular flexibility index (Phi) is 2.64. The lowest BCUT2D eigenvalue weighted by Crippen LogP contribution is -2.25. The molecule has 0 aliphatic carbocycles. The van der Waals surface area contributed by atoms with Crippen LogP contribution in [0.5, 0.6) is 0 Å². The molecular formula is C10H15N5O. The van der Waals surface area contributed by atoms with E-state index in [1.807, 2.05) is 27.1 Å². The number of hydrogen-bond acceptors (Lipinski definition) is 3. The van der Waals surface area contributed by atoms with Gasteiger partial charge in [-0.2, -0.15) is 5.10 Å². The number of aromatic nitrogens is 2. The molecule has 0 bridgehead atoms. The second kappa shape index (κ2) is 3.96. The van der Waals surface area contributed by atoms with E-state index >= 15 is 0 Å². The molecule has 86 valence electrons. The first-order valence-electron chi connectivity index (χ1n) is 5.23. The van der Waals surface area contributed by atoms with Crippen molar-refractivity contribution in [3.63, 3.8) is 0 Å². The van der Waals surface area contributed by atoms with Crippen molar-refractivity contribution in [2.24, 2.45) is 12.0 Å². The molecule has 0 radical (unpaired) electrons. The molecule has 1 aliphatic rings. The van der Waals surface area contributed by atoms with Gasteiger partial charge in [0.25, 0.3) is 5.91 Å². The van der Waals surface area contributed by atoms with Gasteiger partial charge >= 0.3 is 0 Å². The van der Waals surface area contributed by atoms with Gasteiger partial charge in [0.1, 0.15) is 6.04 Å². The van der Waals surface area contributed by atoms with Gasteiger partial charge in [-0.05, 0) is 13.8 Å². The highest BCUT2D eigenvalue weighted by atomic mass is 16.2. The molecule has 1 fully saturated rings.